The smallest absolute Gasteiger partial charge is 0.270 e. The average molecular weight is 298 g/mol. The van der Waals surface area contributed by atoms with Crippen LogP contribution in [-0.4, -0.2) is 29.3 Å². The minimum Gasteiger partial charge on any atom is -0.352 e. The molecule has 0 heterocycles. The Morgan fingerprint density at radius 1 is 1.40 bits per heavy atom. The van der Waals surface area contributed by atoms with Gasteiger partial charge in [0.1, 0.15) is 0 Å². The Morgan fingerprint density at radius 3 is 2.70 bits per heavy atom. The SMILES string of the molecule is O=C(CNC(=O)c1cc([N+](=O)[O-])ccc1Cl)NC1CC1. The standard InChI is InChI=1S/C12H12ClN3O4/c13-10-4-3-8(16(19)20)5-9(10)12(18)14-6-11(17)15-7-1-2-7/h3-5,7H,1-2,6H2,(H,14,18)(H,15,17). The molecule has 0 spiro atoms. The lowest BCUT2D eigenvalue weighted by Gasteiger charge is -2.07. The van der Waals surface area contributed by atoms with E-state index in [0.29, 0.717) is 0 Å². The second-order valence-electron chi connectivity index (χ2n) is 4.45. The lowest BCUT2D eigenvalue weighted by Crippen LogP contribution is -2.37. The number of benzene rings is 1. The monoisotopic (exact) mass is 297 g/mol. The highest BCUT2D eigenvalue weighted by Crippen LogP contribution is 2.22. The van der Waals surface area contributed by atoms with Crippen molar-refractivity contribution in [1.82, 2.24) is 10.6 Å². The van der Waals surface area contributed by atoms with E-state index in [9.17, 15) is 19.7 Å². The average Bonchev–Trinajstić information content (AvgIpc) is 3.20. The topological polar surface area (TPSA) is 101 Å². The maximum absolute atomic E-state index is 11.8. The number of nitro groups is 1. The van der Waals surface area contributed by atoms with Crippen LogP contribution >= 0.6 is 11.6 Å². The molecule has 0 atom stereocenters. The van der Waals surface area contributed by atoms with E-state index < -0.39 is 10.8 Å². The Hall–Kier alpha value is -2.15. The molecule has 1 aliphatic carbocycles. The van der Waals surface area contributed by atoms with Gasteiger partial charge >= 0.3 is 0 Å². The van der Waals surface area contributed by atoms with Crippen molar-refractivity contribution in [1.29, 1.82) is 0 Å². The van der Waals surface area contributed by atoms with Crippen molar-refractivity contribution in [3.05, 3.63) is 38.9 Å². The molecule has 2 N–H and O–H groups in total. The summed E-state index contributed by atoms with van der Waals surface area (Å²) in [6, 6.07) is 3.77. The normalized spacial score (nSPS) is 13.7. The van der Waals surface area contributed by atoms with Crippen molar-refractivity contribution < 1.29 is 14.5 Å². The fourth-order valence-corrected chi connectivity index (χ4v) is 1.77. The van der Waals surface area contributed by atoms with Gasteiger partial charge in [0, 0.05) is 18.2 Å². The van der Waals surface area contributed by atoms with Crippen molar-refractivity contribution in [3.63, 3.8) is 0 Å². The van der Waals surface area contributed by atoms with Crippen molar-refractivity contribution >= 4 is 29.1 Å². The quantitative estimate of drug-likeness (QED) is 0.631. The summed E-state index contributed by atoms with van der Waals surface area (Å²) in [5.41, 5.74) is -0.262. The molecule has 1 aromatic rings. The number of nitrogens with one attached hydrogen (secondary N) is 2. The fraction of sp³-hybridized carbons (Fsp3) is 0.333. The number of hydrogen-bond acceptors (Lipinski definition) is 4. The Labute approximate surface area is 119 Å². The van der Waals surface area contributed by atoms with Crippen LogP contribution in [0, 0.1) is 10.1 Å². The first-order valence-corrected chi connectivity index (χ1v) is 6.36. The molecule has 0 radical (unpaired) electrons. The summed E-state index contributed by atoms with van der Waals surface area (Å²) in [5.74, 6) is -0.910. The third kappa shape index (κ3) is 3.67. The lowest BCUT2D eigenvalue weighted by molar-refractivity contribution is -0.384. The highest BCUT2D eigenvalue weighted by atomic mass is 35.5. The van der Waals surface area contributed by atoms with Gasteiger partial charge < -0.3 is 10.6 Å². The zero-order valence-electron chi connectivity index (χ0n) is 10.4. The van der Waals surface area contributed by atoms with Crippen LogP contribution in [0.15, 0.2) is 18.2 Å². The van der Waals surface area contributed by atoms with Crippen LogP contribution in [0.2, 0.25) is 5.02 Å². The van der Waals surface area contributed by atoms with E-state index in [-0.39, 0.29) is 34.8 Å². The third-order valence-electron chi connectivity index (χ3n) is 2.76. The molecule has 0 aromatic heterocycles. The summed E-state index contributed by atoms with van der Waals surface area (Å²) >= 11 is 5.82. The third-order valence-corrected chi connectivity index (χ3v) is 3.09. The second-order valence-corrected chi connectivity index (χ2v) is 4.85. The summed E-state index contributed by atoms with van der Waals surface area (Å²) < 4.78 is 0. The van der Waals surface area contributed by atoms with Gasteiger partial charge in [-0.2, -0.15) is 0 Å². The number of rotatable bonds is 5. The molecule has 20 heavy (non-hydrogen) atoms. The summed E-state index contributed by atoms with van der Waals surface area (Å²) in [4.78, 5) is 33.3. The Balaban J connectivity index is 1.98. The van der Waals surface area contributed by atoms with Gasteiger partial charge in [-0.25, -0.2) is 0 Å². The highest BCUT2D eigenvalue weighted by Gasteiger charge is 2.23. The van der Waals surface area contributed by atoms with Crippen LogP contribution in [-0.2, 0) is 4.79 Å². The van der Waals surface area contributed by atoms with E-state index in [2.05, 4.69) is 10.6 Å². The zero-order chi connectivity index (χ0) is 14.7. The van der Waals surface area contributed by atoms with Gasteiger partial charge in [-0.3, -0.25) is 19.7 Å². The lowest BCUT2D eigenvalue weighted by atomic mass is 10.2. The van der Waals surface area contributed by atoms with Gasteiger partial charge in [0.05, 0.1) is 22.1 Å². The Kier molecular flexibility index (Phi) is 4.19. The zero-order valence-corrected chi connectivity index (χ0v) is 11.1. The molecule has 106 valence electrons. The van der Waals surface area contributed by atoms with Crippen molar-refractivity contribution in [2.45, 2.75) is 18.9 Å². The molecule has 7 nitrogen and oxygen atoms in total. The predicted molar refractivity (Wildman–Crippen MR) is 71.6 cm³/mol. The van der Waals surface area contributed by atoms with Crippen LogP contribution in [0.5, 0.6) is 0 Å². The molecule has 0 bridgehead atoms. The minimum absolute atomic E-state index is 0.0277. The Morgan fingerprint density at radius 2 is 2.10 bits per heavy atom. The molecule has 0 unspecified atom stereocenters. The maximum Gasteiger partial charge on any atom is 0.270 e. The van der Waals surface area contributed by atoms with Gasteiger partial charge in [-0.05, 0) is 18.9 Å². The number of carbonyl (C=O) groups excluding carboxylic acids is 2. The molecule has 2 amide bonds. The largest absolute Gasteiger partial charge is 0.352 e. The number of carbonyl (C=O) groups is 2. The number of nitro benzene ring substituents is 1. The first kappa shape index (κ1) is 14.3. The van der Waals surface area contributed by atoms with Crippen LogP contribution in [0.25, 0.3) is 0 Å². The molecule has 1 fully saturated rings. The van der Waals surface area contributed by atoms with E-state index in [1.807, 2.05) is 0 Å². The van der Waals surface area contributed by atoms with E-state index in [1.165, 1.54) is 12.1 Å². The number of non-ortho nitro benzene ring substituents is 1. The van der Waals surface area contributed by atoms with Gasteiger partial charge in [0.15, 0.2) is 0 Å². The second kappa shape index (κ2) is 5.87. The molecule has 0 aliphatic heterocycles. The first-order valence-electron chi connectivity index (χ1n) is 5.99. The van der Waals surface area contributed by atoms with Gasteiger partial charge in [-0.1, -0.05) is 11.6 Å². The van der Waals surface area contributed by atoms with Crippen LogP contribution in [0.4, 0.5) is 5.69 Å². The van der Waals surface area contributed by atoms with Gasteiger partial charge in [0.25, 0.3) is 11.6 Å². The summed E-state index contributed by atoms with van der Waals surface area (Å²) in [7, 11) is 0. The molecule has 8 heteroatoms. The molecule has 1 aromatic carbocycles. The summed E-state index contributed by atoms with van der Waals surface area (Å²) in [6.07, 6.45) is 1.91. The summed E-state index contributed by atoms with van der Waals surface area (Å²) in [6.45, 7) is -0.186. The van der Waals surface area contributed by atoms with Crippen LogP contribution in [0.3, 0.4) is 0 Å². The number of halogens is 1. The summed E-state index contributed by atoms with van der Waals surface area (Å²) in [5, 5.41) is 15.8. The first-order chi connectivity index (χ1) is 9.47. The molecule has 2 rings (SSSR count). The molecule has 0 saturated heterocycles. The number of amides is 2. The molecule has 1 saturated carbocycles. The van der Waals surface area contributed by atoms with Gasteiger partial charge in [-0.15, -0.1) is 0 Å². The van der Waals surface area contributed by atoms with E-state index in [1.54, 1.807) is 0 Å². The van der Waals surface area contributed by atoms with Crippen LogP contribution < -0.4 is 10.6 Å². The van der Waals surface area contributed by atoms with Crippen molar-refractivity contribution in [3.8, 4) is 0 Å². The fourth-order valence-electron chi connectivity index (χ4n) is 1.56. The van der Waals surface area contributed by atoms with E-state index >= 15 is 0 Å². The molecular weight excluding hydrogens is 286 g/mol. The highest BCUT2D eigenvalue weighted by molar-refractivity contribution is 6.34. The van der Waals surface area contributed by atoms with E-state index in [4.69, 9.17) is 11.6 Å². The predicted octanol–water partition coefficient (Wildman–Crippen LogP) is 1.26. The van der Waals surface area contributed by atoms with Crippen molar-refractivity contribution in [2.75, 3.05) is 6.54 Å². The maximum atomic E-state index is 11.8. The number of nitrogens with zero attached hydrogens (tertiary/aromatic N) is 1. The Bertz CT molecular complexity index is 572. The van der Waals surface area contributed by atoms with Crippen LogP contribution in [0.1, 0.15) is 23.2 Å². The van der Waals surface area contributed by atoms with Crippen molar-refractivity contribution in [2.24, 2.45) is 0 Å². The van der Waals surface area contributed by atoms with E-state index in [0.717, 1.165) is 18.9 Å². The van der Waals surface area contributed by atoms with Gasteiger partial charge in [0.2, 0.25) is 5.91 Å². The number of hydrogen-bond donors (Lipinski definition) is 2. The molecular formula is C12H12ClN3O4. The minimum atomic E-state index is -0.621. The molecule has 1 aliphatic rings.